The molecule has 7 nitrogen and oxygen atoms in total. The summed E-state index contributed by atoms with van der Waals surface area (Å²) in [5.41, 5.74) is 0.629. The van der Waals surface area contributed by atoms with E-state index >= 15 is 0 Å². The van der Waals surface area contributed by atoms with Crippen molar-refractivity contribution in [3.05, 3.63) is 66.2 Å². The van der Waals surface area contributed by atoms with Crippen LogP contribution in [0.2, 0.25) is 0 Å². The number of aliphatic hydroxyl groups is 2. The van der Waals surface area contributed by atoms with E-state index < -0.39 is 23.7 Å². The fraction of sp³-hybridized carbons (Fsp3) is 0.517. The van der Waals surface area contributed by atoms with Gasteiger partial charge < -0.3 is 20.3 Å². The van der Waals surface area contributed by atoms with Crippen LogP contribution in [-0.4, -0.2) is 41.0 Å². The molecule has 4 rings (SSSR count). The topological polar surface area (TPSA) is 108 Å². The Labute approximate surface area is 213 Å². The van der Waals surface area contributed by atoms with Gasteiger partial charge >= 0.3 is 6.09 Å². The third-order valence-corrected chi connectivity index (χ3v) is 8.68. The number of benzene rings is 2. The maximum Gasteiger partial charge on any atom is 0.411 e. The molecule has 0 radical (unpaired) electrons. The van der Waals surface area contributed by atoms with Gasteiger partial charge in [-0.25, -0.2) is 4.79 Å². The van der Waals surface area contributed by atoms with E-state index in [1.54, 1.807) is 12.1 Å². The Kier molecular flexibility index (Phi) is 8.00. The molecule has 2 aromatic rings. The Morgan fingerprint density at radius 3 is 2.33 bits per heavy atom. The molecule has 0 bridgehead atoms. The van der Waals surface area contributed by atoms with Gasteiger partial charge in [-0.15, -0.1) is 0 Å². The lowest BCUT2D eigenvalue weighted by Crippen LogP contribution is -2.61. The zero-order valence-electron chi connectivity index (χ0n) is 21.2. The number of nitrogens with one attached hydrogen (secondary N) is 2. The quantitative estimate of drug-likeness (QED) is 0.453. The van der Waals surface area contributed by atoms with E-state index in [1.165, 1.54) is 0 Å². The Morgan fingerprint density at radius 2 is 1.67 bits per heavy atom. The molecule has 2 fully saturated rings. The molecule has 2 amide bonds. The molecule has 0 saturated heterocycles. The minimum absolute atomic E-state index is 0.00593. The molecule has 2 aliphatic rings. The predicted octanol–water partition coefficient (Wildman–Crippen LogP) is 4.50. The van der Waals surface area contributed by atoms with Crippen molar-refractivity contribution >= 4 is 17.7 Å². The maximum absolute atomic E-state index is 12.9. The summed E-state index contributed by atoms with van der Waals surface area (Å²) < 4.78 is 5.87. The highest BCUT2D eigenvalue weighted by molar-refractivity contribution is 5.84. The fourth-order valence-electron chi connectivity index (χ4n) is 6.65. The molecule has 0 aromatic heterocycles. The van der Waals surface area contributed by atoms with E-state index in [0.717, 1.165) is 5.56 Å². The molecule has 194 valence electrons. The van der Waals surface area contributed by atoms with Crippen molar-refractivity contribution in [2.24, 2.45) is 22.7 Å². The lowest BCUT2D eigenvalue weighted by Gasteiger charge is -2.60. The monoisotopic (exact) mass is 494 g/mol. The van der Waals surface area contributed by atoms with Crippen molar-refractivity contribution in [3.63, 3.8) is 0 Å². The summed E-state index contributed by atoms with van der Waals surface area (Å²) in [4.78, 5) is 25.6. The number of para-hydroxylation sites is 1. The number of rotatable bonds is 7. The van der Waals surface area contributed by atoms with Crippen LogP contribution < -0.4 is 10.6 Å². The largest absolute Gasteiger partial charge is 0.445 e. The van der Waals surface area contributed by atoms with Crippen LogP contribution in [0.4, 0.5) is 10.5 Å². The molecule has 1 unspecified atom stereocenters. The van der Waals surface area contributed by atoms with Gasteiger partial charge in [-0.3, -0.25) is 10.1 Å². The van der Waals surface area contributed by atoms with E-state index in [-0.39, 0.29) is 36.2 Å². The van der Waals surface area contributed by atoms with E-state index in [1.807, 2.05) is 55.5 Å². The van der Waals surface area contributed by atoms with Crippen molar-refractivity contribution in [3.8, 4) is 0 Å². The lowest BCUT2D eigenvalue weighted by molar-refractivity contribution is -0.185. The zero-order chi connectivity index (χ0) is 25.8. The number of carbonyl (C=O) groups excluding carboxylic acids is 2. The minimum atomic E-state index is -0.681. The summed E-state index contributed by atoms with van der Waals surface area (Å²) in [5.74, 6) is -0.332. The number of carbonyl (C=O) groups is 2. The number of amides is 2. The Hall–Kier alpha value is -2.90. The van der Waals surface area contributed by atoms with Crippen molar-refractivity contribution in [2.45, 2.75) is 64.7 Å². The van der Waals surface area contributed by atoms with E-state index in [2.05, 4.69) is 17.6 Å². The van der Waals surface area contributed by atoms with Crippen molar-refractivity contribution < 1.29 is 24.5 Å². The summed E-state index contributed by atoms with van der Waals surface area (Å²) >= 11 is 0. The second-order valence-corrected chi connectivity index (χ2v) is 10.9. The van der Waals surface area contributed by atoms with Crippen LogP contribution in [0.3, 0.4) is 0 Å². The van der Waals surface area contributed by atoms with Gasteiger partial charge in [0.05, 0.1) is 12.7 Å². The van der Waals surface area contributed by atoms with Crippen LogP contribution in [0.25, 0.3) is 0 Å². The van der Waals surface area contributed by atoms with Crippen LogP contribution in [-0.2, 0) is 16.1 Å². The SMILES string of the molecule is C[C@]1(CO)C2CC[C@@H](O)[C@@H](CC(=O)NCc3ccccc3)[C@]2(C)CC[C@H]1OC(=O)Nc1ccccc1. The maximum atomic E-state index is 12.9. The van der Waals surface area contributed by atoms with Gasteiger partial charge in [-0.2, -0.15) is 0 Å². The Balaban J connectivity index is 1.45. The normalized spacial score (nSPS) is 31.7. The zero-order valence-corrected chi connectivity index (χ0v) is 21.2. The van der Waals surface area contributed by atoms with Gasteiger partial charge in [0.1, 0.15) is 6.10 Å². The van der Waals surface area contributed by atoms with Crippen LogP contribution in [0.1, 0.15) is 51.5 Å². The van der Waals surface area contributed by atoms with E-state index in [4.69, 9.17) is 4.74 Å². The molecule has 0 heterocycles. The molecule has 2 aliphatic carbocycles. The van der Waals surface area contributed by atoms with Crippen molar-refractivity contribution in [1.82, 2.24) is 5.32 Å². The van der Waals surface area contributed by atoms with E-state index in [9.17, 15) is 19.8 Å². The molecule has 2 saturated carbocycles. The van der Waals surface area contributed by atoms with Gasteiger partial charge in [0, 0.05) is 24.1 Å². The number of anilines is 1. The molecule has 7 heteroatoms. The number of ether oxygens (including phenoxy) is 1. The smallest absolute Gasteiger partial charge is 0.411 e. The molecular formula is C29H38N2O5. The molecule has 0 aliphatic heterocycles. The van der Waals surface area contributed by atoms with Gasteiger partial charge in [-0.1, -0.05) is 62.4 Å². The number of aliphatic hydroxyl groups excluding tert-OH is 2. The first-order chi connectivity index (χ1) is 17.3. The van der Waals surface area contributed by atoms with Crippen LogP contribution in [0.15, 0.2) is 60.7 Å². The number of hydrogen-bond acceptors (Lipinski definition) is 5. The molecule has 6 atom stereocenters. The highest BCUT2D eigenvalue weighted by Gasteiger charge is 2.60. The second kappa shape index (κ2) is 11.0. The molecular weight excluding hydrogens is 456 g/mol. The average molecular weight is 495 g/mol. The van der Waals surface area contributed by atoms with Crippen LogP contribution in [0, 0.1) is 22.7 Å². The first-order valence-electron chi connectivity index (χ1n) is 12.9. The van der Waals surface area contributed by atoms with Gasteiger partial charge in [-0.05, 0) is 60.6 Å². The van der Waals surface area contributed by atoms with Crippen LogP contribution >= 0.6 is 0 Å². The predicted molar refractivity (Wildman–Crippen MR) is 138 cm³/mol. The first kappa shape index (κ1) is 26.2. The summed E-state index contributed by atoms with van der Waals surface area (Å²) in [7, 11) is 0. The summed E-state index contributed by atoms with van der Waals surface area (Å²) in [6, 6.07) is 18.9. The molecule has 0 spiro atoms. The second-order valence-electron chi connectivity index (χ2n) is 10.9. The highest BCUT2D eigenvalue weighted by atomic mass is 16.6. The van der Waals surface area contributed by atoms with E-state index in [0.29, 0.717) is 37.9 Å². The Morgan fingerprint density at radius 1 is 1.00 bits per heavy atom. The minimum Gasteiger partial charge on any atom is -0.445 e. The number of hydrogen-bond donors (Lipinski definition) is 4. The summed E-state index contributed by atoms with van der Waals surface area (Å²) in [6.45, 7) is 4.41. The third kappa shape index (κ3) is 5.42. The molecule has 4 N–H and O–H groups in total. The number of fused-ring (bicyclic) bond motifs is 1. The van der Waals surface area contributed by atoms with Crippen molar-refractivity contribution in [1.29, 1.82) is 0 Å². The van der Waals surface area contributed by atoms with Crippen molar-refractivity contribution in [2.75, 3.05) is 11.9 Å². The highest BCUT2D eigenvalue weighted by Crippen LogP contribution is 2.61. The summed E-state index contributed by atoms with van der Waals surface area (Å²) in [6.07, 6.45) is 1.14. The van der Waals surface area contributed by atoms with Crippen LogP contribution in [0.5, 0.6) is 0 Å². The molecule has 2 aromatic carbocycles. The Bertz CT molecular complexity index is 1030. The summed E-state index contributed by atoms with van der Waals surface area (Å²) in [5, 5.41) is 27.3. The standard InChI is InChI=1S/C29H38N2O5/c1-28-16-15-25(36-27(35)31-21-11-7-4-8-12-21)29(2,19-32)24(28)14-13-23(33)22(28)17-26(34)30-18-20-9-5-3-6-10-20/h3-12,22-25,32-33H,13-19H2,1-2H3,(H,30,34)(H,31,35)/t22-,23-,24?,25-,28+,29+/m1/s1. The average Bonchev–Trinajstić information content (AvgIpc) is 2.88. The third-order valence-electron chi connectivity index (χ3n) is 8.68. The van der Waals surface area contributed by atoms with Gasteiger partial charge in [0.15, 0.2) is 0 Å². The lowest BCUT2D eigenvalue weighted by atomic mass is 9.46. The van der Waals surface area contributed by atoms with Gasteiger partial charge in [0.2, 0.25) is 5.91 Å². The molecule has 36 heavy (non-hydrogen) atoms. The van der Waals surface area contributed by atoms with Gasteiger partial charge in [0.25, 0.3) is 0 Å². The fourth-order valence-corrected chi connectivity index (χ4v) is 6.65. The first-order valence-corrected chi connectivity index (χ1v) is 12.9.